The molecule has 0 aromatic heterocycles. The molecule has 38 heavy (non-hydrogen) atoms. The molecule has 0 aliphatic rings. The number of nitrogens with one attached hydrogen (secondary N) is 1. The van der Waals surface area contributed by atoms with Gasteiger partial charge in [0.05, 0.1) is 35.4 Å². The number of hydrogen-bond acceptors (Lipinski definition) is 5. The summed E-state index contributed by atoms with van der Waals surface area (Å²) in [6, 6.07) is 15.3. The Balaban J connectivity index is 1.77. The van der Waals surface area contributed by atoms with Gasteiger partial charge in [-0.3, -0.25) is 9.10 Å². The van der Waals surface area contributed by atoms with Gasteiger partial charge in [0.15, 0.2) is 11.5 Å². The number of hydrogen-bond donors (Lipinski definition) is 1. The van der Waals surface area contributed by atoms with Gasteiger partial charge in [-0.25, -0.2) is 8.42 Å². The number of rotatable bonds is 11. The van der Waals surface area contributed by atoms with Gasteiger partial charge in [0.1, 0.15) is 6.54 Å². The third-order valence-electron chi connectivity index (χ3n) is 5.57. The van der Waals surface area contributed by atoms with Gasteiger partial charge < -0.3 is 14.8 Å². The zero-order valence-corrected chi connectivity index (χ0v) is 22.2. The van der Waals surface area contributed by atoms with Crippen LogP contribution in [0.5, 0.6) is 11.5 Å². The largest absolute Gasteiger partial charge is 0.493 e. The lowest BCUT2D eigenvalue weighted by Gasteiger charge is -2.25. The standard InChI is InChI=1S/C26H26ClF3N2O5S/c1-36-23-13-10-18(15-24(23)37-2)7-6-14-31-25(33)17-32(38(34,35)20-8-4-3-5-9-20)19-11-12-22(27)21(16-19)26(28,29)30/h3-5,8-13,15-16H,6-7,14,17H2,1-2H3,(H,31,33). The molecule has 0 aliphatic carbocycles. The summed E-state index contributed by atoms with van der Waals surface area (Å²) in [4.78, 5) is 12.6. The molecule has 3 aromatic carbocycles. The van der Waals surface area contributed by atoms with Crippen molar-refractivity contribution >= 4 is 33.2 Å². The summed E-state index contributed by atoms with van der Waals surface area (Å²) in [6.07, 6.45) is -3.72. The van der Waals surface area contributed by atoms with Gasteiger partial charge in [-0.15, -0.1) is 0 Å². The average Bonchev–Trinajstić information content (AvgIpc) is 2.89. The summed E-state index contributed by atoms with van der Waals surface area (Å²) < 4.78 is 78.2. The third kappa shape index (κ3) is 7.11. The van der Waals surface area contributed by atoms with Gasteiger partial charge in [0.25, 0.3) is 10.0 Å². The van der Waals surface area contributed by atoms with Crippen LogP contribution in [0.25, 0.3) is 0 Å². The molecular weight excluding hydrogens is 545 g/mol. The van der Waals surface area contributed by atoms with E-state index in [0.29, 0.717) is 34.7 Å². The van der Waals surface area contributed by atoms with Crippen molar-refractivity contribution in [3.63, 3.8) is 0 Å². The van der Waals surface area contributed by atoms with Crippen LogP contribution in [0.4, 0.5) is 18.9 Å². The Bertz CT molecular complexity index is 1370. The van der Waals surface area contributed by atoms with E-state index in [1.807, 2.05) is 12.1 Å². The van der Waals surface area contributed by atoms with Crippen molar-refractivity contribution in [3.8, 4) is 11.5 Å². The second-order valence-corrected chi connectivity index (χ2v) is 10.4. The van der Waals surface area contributed by atoms with Gasteiger partial charge in [-0.2, -0.15) is 13.2 Å². The van der Waals surface area contributed by atoms with Crippen molar-refractivity contribution < 1.29 is 35.9 Å². The molecule has 7 nitrogen and oxygen atoms in total. The van der Waals surface area contributed by atoms with E-state index in [1.165, 1.54) is 38.5 Å². The number of aryl methyl sites for hydroxylation is 1. The maximum Gasteiger partial charge on any atom is 0.417 e. The minimum absolute atomic E-state index is 0.176. The van der Waals surface area contributed by atoms with Crippen LogP contribution < -0.4 is 19.1 Å². The predicted molar refractivity (Wildman–Crippen MR) is 138 cm³/mol. The minimum atomic E-state index is -4.82. The zero-order chi connectivity index (χ0) is 27.9. The second-order valence-electron chi connectivity index (χ2n) is 8.13. The Hall–Kier alpha value is -3.44. The molecular formula is C26H26ClF3N2O5S. The van der Waals surface area contributed by atoms with Crippen molar-refractivity contribution in [2.75, 3.05) is 31.6 Å². The van der Waals surface area contributed by atoms with E-state index in [1.54, 1.807) is 12.1 Å². The molecule has 1 amide bonds. The maximum atomic E-state index is 13.5. The number of benzene rings is 3. The smallest absolute Gasteiger partial charge is 0.417 e. The van der Waals surface area contributed by atoms with E-state index < -0.39 is 39.2 Å². The van der Waals surface area contributed by atoms with E-state index >= 15 is 0 Å². The molecule has 0 radical (unpaired) electrons. The van der Waals surface area contributed by atoms with Crippen molar-refractivity contribution in [3.05, 3.63) is 82.9 Å². The average molecular weight is 571 g/mol. The fraction of sp³-hybridized carbons (Fsp3) is 0.269. The molecule has 0 fully saturated rings. The zero-order valence-electron chi connectivity index (χ0n) is 20.6. The van der Waals surface area contributed by atoms with E-state index in [0.717, 1.165) is 17.7 Å². The topological polar surface area (TPSA) is 84.9 Å². The number of methoxy groups -OCH3 is 2. The number of carbonyl (C=O) groups is 1. The molecule has 204 valence electrons. The number of ether oxygens (including phenoxy) is 2. The van der Waals surface area contributed by atoms with Gasteiger partial charge >= 0.3 is 6.18 Å². The summed E-state index contributed by atoms with van der Waals surface area (Å²) in [5, 5.41) is 2.05. The lowest BCUT2D eigenvalue weighted by molar-refractivity contribution is -0.137. The molecule has 0 aliphatic heterocycles. The quantitative estimate of drug-likeness (QED) is 0.315. The van der Waals surface area contributed by atoms with E-state index in [9.17, 15) is 26.4 Å². The maximum absolute atomic E-state index is 13.5. The first-order valence-corrected chi connectivity index (χ1v) is 13.2. The third-order valence-corrected chi connectivity index (χ3v) is 7.69. The van der Waals surface area contributed by atoms with Crippen LogP contribution in [0.1, 0.15) is 17.5 Å². The fourth-order valence-corrected chi connectivity index (χ4v) is 5.32. The van der Waals surface area contributed by atoms with E-state index in [-0.39, 0.29) is 17.1 Å². The van der Waals surface area contributed by atoms with Crippen LogP contribution >= 0.6 is 11.6 Å². The van der Waals surface area contributed by atoms with Crippen LogP contribution in [0.2, 0.25) is 5.02 Å². The monoisotopic (exact) mass is 570 g/mol. The van der Waals surface area contributed by atoms with Crippen LogP contribution in [-0.2, 0) is 27.4 Å². The summed E-state index contributed by atoms with van der Waals surface area (Å²) in [7, 11) is -1.32. The molecule has 0 saturated carbocycles. The fourth-order valence-electron chi connectivity index (χ4n) is 3.66. The lowest BCUT2D eigenvalue weighted by atomic mass is 10.1. The Labute approximate surface area is 224 Å². The number of anilines is 1. The summed E-state index contributed by atoms with van der Waals surface area (Å²) in [6.45, 7) is -0.520. The molecule has 12 heteroatoms. The molecule has 3 aromatic rings. The van der Waals surface area contributed by atoms with Crippen molar-refractivity contribution in [1.29, 1.82) is 0 Å². The minimum Gasteiger partial charge on any atom is -0.493 e. The number of sulfonamides is 1. The first-order chi connectivity index (χ1) is 18.0. The van der Waals surface area contributed by atoms with Crippen molar-refractivity contribution in [2.45, 2.75) is 23.9 Å². The molecule has 0 saturated heterocycles. The predicted octanol–water partition coefficient (Wildman–Crippen LogP) is 5.32. The lowest BCUT2D eigenvalue weighted by Crippen LogP contribution is -2.41. The van der Waals surface area contributed by atoms with Gasteiger partial charge in [0.2, 0.25) is 5.91 Å². The molecule has 3 rings (SSSR count). The SMILES string of the molecule is COc1ccc(CCCNC(=O)CN(c2ccc(Cl)c(C(F)(F)F)c2)S(=O)(=O)c2ccccc2)cc1OC. The van der Waals surface area contributed by atoms with Gasteiger partial charge in [-0.05, 0) is 60.9 Å². The van der Waals surface area contributed by atoms with E-state index in [2.05, 4.69) is 5.32 Å². The van der Waals surface area contributed by atoms with Crippen LogP contribution in [0.15, 0.2) is 71.6 Å². The number of amides is 1. The second kappa shape index (κ2) is 12.4. The van der Waals surface area contributed by atoms with Gasteiger partial charge in [-0.1, -0.05) is 35.9 Å². The highest BCUT2D eigenvalue weighted by atomic mass is 35.5. The van der Waals surface area contributed by atoms with Crippen LogP contribution in [0.3, 0.4) is 0 Å². The van der Waals surface area contributed by atoms with Crippen molar-refractivity contribution in [1.82, 2.24) is 5.32 Å². The normalized spacial score (nSPS) is 11.6. The molecule has 0 atom stereocenters. The highest BCUT2D eigenvalue weighted by Gasteiger charge is 2.35. The highest BCUT2D eigenvalue weighted by molar-refractivity contribution is 7.92. The van der Waals surface area contributed by atoms with Crippen LogP contribution in [-0.4, -0.2) is 41.6 Å². The molecule has 1 N–H and O–H groups in total. The van der Waals surface area contributed by atoms with Crippen molar-refractivity contribution in [2.24, 2.45) is 0 Å². The first kappa shape index (κ1) is 29.1. The van der Waals surface area contributed by atoms with Crippen LogP contribution in [0, 0.1) is 0 Å². The Morgan fingerprint density at radius 3 is 2.29 bits per heavy atom. The molecule has 0 spiro atoms. The number of carbonyl (C=O) groups excluding carboxylic acids is 1. The highest BCUT2D eigenvalue weighted by Crippen LogP contribution is 2.38. The van der Waals surface area contributed by atoms with E-state index in [4.69, 9.17) is 21.1 Å². The molecule has 0 heterocycles. The Morgan fingerprint density at radius 1 is 0.974 bits per heavy atom. The number of halogens is 4. The van der Waals surface area contributed by atoms with Gasteiger partial charge in [0, 0.05) is 6.54 Å². The number of nitrogens with zero attached hydrogens (tertiary/aromatic N) is 1. The summed E-state index contributed by atoms with van der Waals surface area (Å²) >= 11 is 5.71. The molecule has 0 unspecified atom stereocenters. The first-order valence-electron chi connectivity index (χ1n) is 11.4. The summed E-state index contributed by atoms with van der Waals surface area (Å²) in [5.74, 6) is 0.470. The molecule has 0 bridgehead atoms. The Kier molecular flexibility index (Phi) is 9.50. The summed E-state index contributed by atoms with van der Waals surface area (Å²) in [5.41, 5.74) is -0.614. The Morgan fingerprint density at radius 2 is 1.66 bits per heavy atom. The number of alkyl halides is 3.